The molecule has 3 nitrogen and oxygen atoms in total. The van der Waals surface area contributed by atoms with Crippen LogP contribution in [0.3, 0.4) is 0 Å². The minimum atomic E-state index is -1.00. The van der Waals surface area contributed by atoms with E-state index in [0.29, 0.717) is 5.56 Å². The van der Waals surface area contributed by atoms with Crippen LogP contribution in [-0.2, 0) is 16.1 Å². The Kier molecular flexibility index (Phi) is 4.76. The monoisotopic (exact) mass is 284 g/mol. The van der Waals surface area contributed by atoms with Crippen LogP contribution in [0.25, 0.3) is 0 Å². The van der Waals surface area contributed by atoms with Gasteiger partial charge in [0.1, 0.15) is 6.61 Å². The van der Waals surface area contributed by atoms with Crippen molar-refractivity contribution in [3.05, 3.63) is 71.8 Å². The number of aliphatic hydroxyl groups excluding tert-OH is 1. The lowest BCUT2D eigenvalue weighted by molar-refractivity contribution is -0.162. The van der Waals surface area contributed by atoms with E-state index in [1.165, 1.54) is 0 Å². The Bertz CT molecular complexity index is 576. The number of carbonyl (C=O) groups is 1. The zero-order valence-corrected chi connectivity index (χ0v) is 12.3. The average molecular weight is 284 g/mol. The van der Waals surface area contributed by atoms with Crippen molar-refractivity contribution in [2.24, 2.45) is 5.41 Å². The summed E-state index contributed by atoms with van der Waals surface area (Å²) in [6, 6.07) is 18.6. The van der Waals surface area contributed by atoms with Crippen LogP contribution in [0.5, 0.6) is 0 Å². The fourth-order valence-corrected chi connectivity index (χ4v) is 2.07. The van der Waals surface area contributed by atoms with Gasteiger partial charge in [-0.15, -0.1) is 0 Å². The normalized spacial score (nSPS) is 12.7. The molecule has 0 bridgehead atoms. The molecule has 1 atom stereocenters. The van der Waals surface area contributed by atoms with E-state index in [0.717, 1.165) is 5.56 Å². The van der Waals surface area contributed by atoms with Gasteiger partial charge in [-0.25, -0.2) is 0 Å². The Morgan fingerprint density at radius 1 is 1.05 bits per heavy atom. The van der Waals surface area contributed by atoms with Crippen LogP contribution in [-0.4, -0.2) is 11.1 Å². The van der Waals surface area contributed by atoms with Crippen LogP contribution in [0.15, 0.2) is 60.7 Å². The first-order chi connectivity index (χ1) is 10.0. The molecule has 0 aliphatic carbocycles. The van der Waals surface area contributed by atoms with Crippen molar-refractivity contribution in [3.63, 3.8) is 0 Å². The van der Waals surface area contributed by atoms with Crippen LogP contribution in [0, 0.1) is 5.41 Å². The average Bonchev–Trinajstić information content (AvgIpc) is 2.53. The van der Waals surface area contributed by atoms with Gasteiger partial charge in [0, 0.05) is 0 Å². The number of esters is 1. The minimum absolute atomic E-state index is 0.213. The number of aliphatic hydroxyl groups is 1. The first kappa shape index (κ1) is 15.3. The van der Waals surface area contributed by atoms with Gasteiger partial charge in [-0.2, -0.15) is 0 Å². The zero-order chi connectivity index (χ0) is 15.3. The summed E-state index contributed by atoms with van der Waals surface area (Å²) in [6.07, 6.45) is -0.901. The molecule has 1 unspecified atom stereocenters. The third-order valence-corrected chi connectivity index (χ3v) is 3.54. The maximum absolute atomic E-state index is 12.3. The zero-order valence-electron chi connectivity index (χ0n) is 12.3. The first-order valence-corrected chi connectivity index (χ1v) is 6.96. The van der Waals surface area contributed by atoms with Gasteiger partial charge in [0.2, 0.25) is 0 Å². The number of ether oxygens (including phenoxy) is 1. The second-order valence-electron chi connectivity index (χ2n) is 5.60. The summed E-state index contributed by atoms with van der Waals surface area (Å²) in [6.45, 7) is 3.60. The highest BCUT2D eigenvalue weighted by molar-refractivity contribution is 5.77. The van der Waals surface area contributed by atoms with Crippen molar-refractivity contribution < 1.29 is 14.6 Å². The Balaban J connectivity index is 2.03. The minimum Gasteiger partial charge on any atom is -0.460 e. The molecular formula is C18H20O3. The highest BCUT2D eigenvalue weighted by atomic mass is 16.5. The van der Waals surface area contributed by atoms with Gasteiger partial charge in [0.25, 0.3) is 0 Å². The lowest BCUT2D eigenvalue weighted by Crippen LogP contribution is -2.33. The second kappa shape index (κ2) is 6.55. The van der Waals surface area contributed by atoms with Gasteiger partial charge in [-0.1, -0.05) is 60.7 Å². The Labute approximate surface area is 125 Å². The number of carbonyl (C=O) groups excluding carboxylic acids is 1. The summed E-state index contributed by atoms with van der Waals surface area (Å²) in [5, 5.41) is 10.4. The third-order valence-electron chi connectivity index (χ3n) is 3.54. The second-order valence-corrected chi connectivity index (χ2v) is 5.60. The van der Waals surface area contributed by atoms with E-state index in [9.17, 15) is 9.90 Å². The van der Waals surface area contributed by atoms with E-state index in [-0.39, 0.29) is 6.61 Å². The van der Waals surface area contributed by atoms with E-state index in [1.54, 1.807) is 26.0 Å². The fraction of sp³-hybridized carbons (Fsp3) is 0.278. The van der Waals surface area contributed by atoms with Crippen molar-refractivity contribution in [3.8, 4) is 0 Å². The summed E-state index contributed by atoms with van der Waals surface area (Å²) in [5.41, 5.74) is 0.630. The van der Waals surface area contributed by atoms with Gasteiger partial charge in [0.05, 0.1) is 11.5 Å². The lowest BCUT2D eigenvalue weighted by Gasteiger charge is -2.28. The van der Waals surface area contributed by atoms with Gasteiger partial charge < -0.3 is 9.84 Å². The summed E-state index contributed by atoms with van der Waals surface area (Å²) in [5.74, 6) is -0.414. The van der Waals surface area contributed by atoms with E-state index < -0.39 is 17.5 Å². The van der Waals surface area contributed by atoms with Gasteiger partial charge >= 0.3 is 5.97 Å². The van der Waals surface area contributed by atoms with E-state index >= 15 is 0 Å². The highest BCUT2D eigenvalue weighted by Gasteiger charge is 2.38. The van der Waals surface area contributed by atoms with E-state index in [2.05, 4.69) is 0 Å². The molecule has 3 heteroatoms. The maximum atomic E-state index is 12.3. The van der Waals surface area contributed by atoms with Crippen molar-refractivity contribution in [1.82, 2.24) is 0 Å². The molecule has 0 amide bonds. The Hall–Kier alpha value is -2.13. The highest BCUT2D eigenvalue weighted by Crippen LogP contribution is 2.34. The standard InChI is InChI=1S/C18H20O3/c1-18(2,16(19)15-11-7-4-8-12-15)17(20)21-13-14-9-5-3-6-10-14/h3-12,16,19H,13H2,1-2H3. The van der Waals surface area contributed by atoms with Crippen molar-refractivity contribution in [1.29, 1.82) is 0 Å². The van der Waals surface area contributed by atoms with Crippen molar-refractivity contribution in [2.75, 3.05) is 0 Å². The molecule has 2 aromatic rings. The molecule has 0 saturated heterocycles. The van der Waals surface area contributed by atoms with Crippen molar-refractivity contribution >= 4 is 5.97 Å². The van der Waals surface area contributed by atoms with Crippen LogP contribution < -0.4 is 0 Å². The molecule has 0 aliphatic rings. The first-order valence-electron chi connectivity index (χ1n) is 6.96. The summed E-state index contributed by atoms with van der Waals surface area (Å²) in [7, 11) is 0. The molecule has 0 aromatic heterocycles. The molecule has 0 radical (unpaired) electrons. The maximum Gasteiger partial charge on any atom is 0.314 e. The largest absolute Gasteiger partial charge is 0.460 e. The Morgan fingerprint density at radius 2 is 1.57 bits per heavy atom. The van der Waals surface area contributed by atoms with Gasteiger partial charge in [-0.3, -0.25) is 4.79 Å². The van der Waals surface area contributed by atoms with Crippen LogP contribution in [0.1, 0.15) is 31.1 Å². The number of rotatable bonds is 5. The summed E-state index contributed by atoms with van der Waals surface area (Å²) >= 11 is 0. The van der Waals surface area contributed by atoms with Crippen LogP contribution in [0.4, 0.5) is 0 Å². The summed E-state index contributed by atoms with van der Waals surface area (Å²) in [4.78, 5) is 12.3. The molecule has 2 aromatic carbocycles. The van der Waals surface area contributed by atoms with Crippen LogP contribution in [0.2, 0.25) is 0 Å². The number of hydrogen-bond acceptors (Lipinski definition) is 3. The fourth-order valence-electron chi connectivity index (χ4n) is 2.07. The quantitative estimate of drug-likeness (QED) is 0.855. The smallest absolute Gasteiger partial charge is 0.314 e. The molecule has 0 fully saturated rings. The van der Waals surface area contributed by atoms with E-state index in [1.807, 2.05) is 48.5 Å². The predicted octanol–water partition coefficient (Wildman–Crippen LogP) is 3.49. The lowest BCUT2D eigenvalue weighted by atomic mass is 9.83. The molecule has 0 spiro atoms. The molecule has 21 heavy (non-hydrogen) atoms. The molecule has 0 saturated carbocycles. The Morgan fingerprint density at radius 3 is 2.14 bits per heavy atom. The number of hydrogen-bond donors (Lipinski definition) is 1. The van der Waals surface area contributed by atoms with Gasteiger partial charge in [-0.05, 0) is 25.0 Å². The predicted molar refractivity (Wildman–Crippen MR) is 81.4 cm³/mol. The van der Waals surface area contributed by atoms with E-state index in [4.69, 9.17) is 4.74 Å². The summed E-state index contributed by atoms with van der Waals surface area (Å²) < 4.78 is 5.34. The van der Waals surface area contributed by atoms with Crippen LogP contribution >= 0.6 is 0 Å². The molecule has 0 aliphatic heterocycles. The van der Waals surface area contributed by atoms with Gasteiger partial charge in [0.15, 0.2) is 0 Å². The molecule has 1 N–H and O–H groups in total. The number of benzene rings is 2. The van der Waals surface area contributed by atoms with Crippen molar-refractivity contribution in [2.45, 2.75) is 26.6 Å². The molecular weight excluding hydrogens is 264 g/mol. The molecule has 110 valence electrons. The third kappa shape index (κ3) is 3.70. The molecule has 2 rings (SSSR count). The molecule has 0 heterocycles. The topological polar surface area (TPSA) is 46.5 Å². The SMILES string of the molecule is CC(C)(C(=O)OCc1ccccc1)C(O)c1ccccc1.